The quantitative estimate of drug-likeness (QED) is 0.374. The predicted octanol–water partition coefficient (Wildman–Crippen LogP) is 7.97. The normalized spacial score (nSPS) is 21.1. The molecule has 0 atom stereocenters. The first-order valence-electron chi connectivity index (χ1n) is 10.1. The monoisotopic (exact) mass is 352 g/mol. The minimum atomic E-state index is -0.281. The molecule has 0 unspecified atom stereocenters. The van der Waals surface area contributed by atoms with Crippen molar-refractivity contribution < 1.29 is 4.39 Å². The van der Waals surface area contributed by atoms with Crippen LogP contribution in [0.1, 0.15) is 89.5 Å². The van der Waals surface area contributed by atoms with E-state index in [0.29, 0.717) is 0 Å². The summed E-state index contributed by atoms with van der Waals surface area (Å²) in [6.07, 6.45) is 17.7. The lowest BCUT2D eigenvalue weighted by molar-refractivity contribution is 0.248. The number of benzene rings is 1. The Hall–Kier alpha value is -0.560. The van der Waals surface area contributed by atoms with Crippen LogP contribution in [-0.4, -0.2) is 0 Å². The van der Waals surface area contributed by atoms with Crippen molar-refractivity contribution in [3.8, 4) is 0 Å². The fourth-order valence-electron chi connectivity index (χ4n) is 4.09. The lowest BCUT2D eigenvalue weighted by Gasteiger charge is -2.28. The van der Waals surface area contributed by atoms with Crippen molar-refractivity contribution in [1.82, 2.24) is 0 Å². The first-order chi connectivity index (χ1) is 11.7. The van der Waals surface area contributed by atoms with Crippen molar-refractivity contribution in [3.05, 3.63) is 34.6 Å². The van der Waals surface area contributed by atoms with Gasteiger partial charge in [0.1, 0.15) is 5.82 Å². The Bertz CT molecular complexity index is 463. The van der Waals surface area contributed by atoms with E-state index < -0.39 is 0 Å². The van der Waals surface area contributed by atoms with Crippen LogP contribution in [0.5, 0.6) is 0 Å². The zero-order valence-corrected chi connectivity index (χ0v) is 16.1. The van der Waals surface area contributed by atoms with Gasteiger partial charge in [-0.25, -0.2) is 4.39 Å². The number of hydrogen-bond acceptors (Lipinski definition) is 0. The van der Waals surface area contributed by atoms with Gasteiger partial charge in [0, 0.05) is 0 Å². The molecule has 0 saturated heterocycles. The molecule has 0 nitrogen and oxygen atoms in total. The zero-order valence-electron chi connectivity index (χ0n) is 15.3. The summed E-state index contributed by atoms with van der Waals surface area (Å²) in [5, 5.41) is 0.231. The second kappa shape index (κ2) is 11.1. The topological polar surface area (TPSA) is 0 Å². The van der Waals surface area contributed by atoms with Crippen molar-refractivity contribution in [2.24, 2.45) is 11.8 Å². The van der Waals surface area contributed by atoms with Crippen LogP contribution >= 0.6 is 11.6 Å². The average Bonchev–Trinajstić information content (AvgIpc) is 2.60. The van der Waals surface area contributed by atoms with Gasteiger partial charge in [-0.1, -0.05) is 95.2 Å². The van der Waals surface area contributed by atoms with Gasteiger partial charge in [-0.2, -0.15) is 0 Å². The fourth-order valence-corrected chi connectivity index (χ4v) is 4.21. The standard InChI is InChI=1S/C22H34ClF/c1-2-3-4-5-6-7-8-18-9-11-19(12-10-18)13-14-20-15-16-21(23)22(24)17-20/h15-19H,2-14H2,1H3. The summed E-state index contributed by atoms with van der Waals surface area (Å²) >= 11 is 5.75. The van der Waals surface area contributed by atoms with Crippen LogP contribution in [0.2, 0.25) is 5.02 Å². The van der Waals surface area contributed by atoms with E-state index in [1.165, 1.54) is 77.0 Å². The molecule has 136 valence electrons. The van der Waals surface area contributed by atoms with Crippen LogP contribution < -0.4 is 0 Å². The summed E-state index contributed by atoms with van der Waals surface area (Å²) < 4.78 is 13.5. The lowest BCUT2D eigenvalue weighted by Crippen LogP contribution is -2.15. The highest BCUT2D eigenvalue weighted by molar-refractivity contribution is 6.30. The fraction of sp³-hybridized carbons (Fsp3) is 0.727. The maximum atomic E-state index is 13.5. The summed E-state index contributed by atoms with van der Waals surface area (Å²) in [5.74, 6) is 1.53. The first kappa shape index (κ1) is 19.8. The van der Waals surface area contributed by atoms with E-state index in [2.05, 4.69) is 6.92 Å². The minimum absolute atomic E-state index is 0.231. The second-order valence-corrected chi connectivity index (χ2v) is 8.14. The third kappa shape index (κ3) is 7.13. The molecule has 0 aromatic heterocycles. The van der Waals surface area contributed by atoms with Crippen LogP contribution in [-0.2, 0) is 6.42 Å². The molecule has 0 heterocycles. The molecule has 0 bridgehead atoms. The molecule has 0 aliphatic heterocycles. The van der Waals surface area contributed by atoms with Crippen LogP contribution in [0.4, 0.5) is 4.39 Å². The van der Waals surface area contributed by atoms with Crippen LogP contribution in [0, 0.1) is 17.7 Å². The van der Waals surface area contributed by atoms with Crippen molar-refractivity contribution >= 4 is 11.6 Å². The van der Waals surface area contributed by atoms with Crippen molar-refractivity contribution in [2.45, 2.75) is 90.4 Å². The van der Waals surface area contributed by atoms with Gasteiger partial charge in [-0.15, -0.1) is 0 Å². The van der Waals surface area contributed by atoms with Crippen LogP contribution in [0.15, 0.2) is 18.2 Å². The van der Waals surface area contributed by atoms with E-state index in [9.17, 15) is 4.39 Å². The molecule has 2 heteroatoms. The Morgan fingerprint density at radius 1 is 0.917 bits per heavy atom. The van der Waals surface area contributed by atoms with Gasteiger partial charge in [0.15, 0.2) is 0 Å². The Morgan fingerprint density at radius 3 is 2.21 bits per heavy atom. The second-order valence-electron chi connectivity index (χ2n) is 7.73. The number of hydrogen-bond donors (Lipinski definition) is 0. The van der Waals surface area contributed by atoms with Gasteiger partial charge in [0.05, 0.1) is 5.02 Å². The Labute approximate surface area is 153 Å². The highest BCUT2D eigenvalue weighted by Gasteiger charge is 2.20. The molecule has 1 aromatic rings. The van der Waals surface area contributed by atoms with Crippen molar-refractivity contribution in [1.29, 1.82) is 0 Å². The first-order valence-corrected chi connectivity index (χ1v) is 10.5. The Morgan fingerprint density at radius 2 is 1.54 bits per heavy atom. The van der Waals surface area contributed by atoms with E-state index in [4.69, 9.17) is 11.6 Å². The van der Waals surface area contributed by atoms with Gasteiger partial charge in [0.2, 0.25) is 0 Å². The molecule has 24 heavy (non-hydrogen) atoms. The van der Waals surface area contributed by atoms with Crippen molar-refractivity contribution in [3.63, 3.8) is 0 Å². The molecule has 0 N–H and O–H groups in total. The number of halogens is 2. The SMILES string of the molecule is CCCCCCCCC1CCC(CCc2ccc(Cl)c(F)c2)CC1. The lowest BCUT2D eigenvalue weighted by atomic mass is 9.77. The van der Waals surface area contributed by atoms with Gasteiger partial charge in [0.25, 0.3) is 0 Å². The summed E-state index contributed by atoms with van der Waals surface area (Å²) in [5.41, 5.74) is 1.09. The summed E-state index contributed by atoms with van der Waals surface area (Å²) in [6, 6.07) is 5.26. The Balaban J connectivity index is 1.56. The molecule has 1 saturated carbocycles. The van der Waals surface area contributed by atoms with E-state index in [1.54, 1.807) is 12.1 Å². The molecule has 1 aliphatic carbocycles. The van der Waals surface area contributed by atoms with E-state index in [1.807, 2.05) is 6.07 Å². The van der Waals surface area contributed by atoms with Crippen LogP contribution in [0.25, 0.3) is 0 Å². The number of unbranched alkanes of at least 4 members (excludes halogenated alkanes) is 5. The van der Waals surface area contributed by atoms with E-state index in [-0.39, 0.29) is 10.8 Å². The van der Waals surface area contributed by atoms with Gasteiger partial charge in [-0.3, -0.25) is 0 Å². The third-order valence-corrected chi connectivity index (χ3v) is 6.06. The van der Waals surface area contributed by atoms with E-state index in [0.717, 1.165) is 23.8 Å². The number of rotatable bonds is 10. The molecule has 0 amide bonds. The zero-order chi connectivity index (χ0) is 17.2. The Kier molecular flexibility index (Phi) is 9.17. The smallest absolute Gasteiger partial charge is 0.142 e. The molecular formula is C22H34ClF. The van der Waals surface area contributed by atoms with Gasteiger partial charge in [-0.05, 0) is 42.4 Å². The maximum absolute atomic E-state index is 13.5. The highest BCUT2D eigenvalue weighted by Crippen LogP contribution is 2.34. The summed E-state index contributed by atoms with van der Waals surface area (Å²) in [4.78, 5) is 0. The molecule has 1 aromatic carbocycles. The molecule has 1 aliphatic rings. The summed E-state index contributed by atoms with van der Waals surface area (Å²) in [6.45, 7) is 2.28. The van der Waals surface area contributed by atoms with E-state index >= 15 is 0 Å². The molecule has 0 radical (unpaired) electrons. The predicted molar refractivity (Wildman–Crippen MR) is 103 cm³/mol. The molecule has 0 spiro atoms. The summed E-state index contributed by atoms with van der Waals surface area (Å²) in [7, 11) is 0. The van der Waals surface area contributed by atoms with Gasteiger partial charge >= 0.3 is 0 Å². The number of aryl methyl sites for hydroxylation is 1. The van der Waals surface area contributed by atoms with Crippen LogP contribution in [0.3, 0.4) is 0 Å². The minimum Gasteiger partial charge on any atom is -0.205 e. The third-order valence-electron chi connectivity index (χ3n) is 5.76. The average molecular weight is 353 g/mol. The highest BCUT2D eigenvalue weighted by atomic mass is 35.5. The largest absolute Gasteiger partial charge is 0.205 e. The maximum Gasteiger partial charge on any atom is 0.142 e. The van der Waals surface area contributed by atoms with Crippen molar-refractivity contribution in [2.75, 3.05) is 0 Å². The molecule has 1 fully saturated rings. The molecular weight excluding hydrogens is 319 g/mol. The molecule has 2 rings (SSSR count). The van der Waals surface area contributed by atoms with Gasteiger partial charge < -0.3 is 0 Å².